The number of aliphatic hydroxyl groups excluding tert-OH is 1. The molecule has 0 aromatic rings. The number of aliphatic hydroxyl groups is 1. The lowest BCUT2D eigenvalue weighted by Crippen LogP contribution is -2.37. The average molecular weight is 323 g/mol. The second kappa shape index (κ2) is 8.67. The molecule has 4 unspecified atom stereocenters. The van der Waals surface area contributed by atoms with E-state index >= 15 is 0 Å². The Bertz CT molecular complexity index is 368. The van der Waals surface area contributed by atoms with Crippen molar-refractivity contribution < 1.29 is 9.84 Å². The second-order valence-electron chi connectivity index (χ2n) is 8.34. The van der Waals surface area contributed by atoms with Gasteiger partial charge in [-0.3, -0.25) is 0 Å². The molecule has 0 aromatic heterocycles. The molecule has 134 valence electrons. The fraction of sp³-hybridized carbons (Fsp3) is 0.905. The van der Waals surface area contributed by atoms with Crippen LogP contribution in [0.15, 0.2) is 12.2 Å². The maximum Gasteiger partial charge on any atom is 0.161 e. The molecule has 0 aliphatic heterocycles. The molecule has 2 aliphatic carbocycles. The number of hydrogen-bond donors (Lipinski definition) is 1. The minimum Gasteiger partial charge on any atom is -0.367 e. The van der Waals surface area contributed by atoms with Crippen LogP contribution in [0.5, 0.6) is 0 Å². The Kier molecular flexibility index (Phi) is 7.16. The first-order chi connectivity index (χ1) is 11.0. The summed E-state index contributed by atoms with van der Waals surface area (Å²) in [4.78, 5) is 0. The quantitative estimate of drug-likeness (QED) is 0.459. The third kappa shape index (κ3) is 5.06. The van der Waals surface area contributed by atoms with E-state index < -0.39 is 6.29 Å². The molecule has 2 rings (SSSR count). The Morgan fingerprint density at radius 2 is 1.70 bits per heavy atom. The predicted octanol–water partition coefficient (Wildman–Crippen LogP) is 5.70. The number of ether oxygens (including phenoxy) is 1. The molecule has 0 radical (unpaired) electrons. The molecule has 0 heterocycles. The van der Waals surface area contributed by atoms with Crippen molar-refractivity contribution in [3.05, 3.63) is 12.2 Å². The monoisotopic (exact) mass is 322 g/mol. The van der Waals surface area contributed by atoms with Gasteiger partial charge in [0.2, 0.25) is 0 Å². The van der Waals surface area contributed by atoms with Gasteiger partial charge in [0.1, 0.15) is 0 Å². The molecule has 1 N–H and O–H groups in total. The molecular formula is C21H38O2. The van der Waals surface area contributed by atoms with E-state index in [2.05, 4.69) is 39.8 Å². The zero-order valence-electron chi connectivity index (χ0n) is 15.8. The van der Waals surface area contributed by atoms with Gasteiger partial charge in [0.05, 0.1) is 5.60 Å². The van der Waals surface area contributed by atoms with Crippen LogP contribution in [0, 0.1) is 23.7 Å². The summed E-state index contributed by atoms with van der Waals surface area (Å²) in [5, 5.41) is 10.6. The Balaban J connectivity index is 1.89. The molecule has 0 bridgehead atoms. The third-order valence-corrected chi connectivity index (χ3v) is 6.24. The van der Waals surface area contributed by atoms with Gasteiger partial charge in [0.15, 0.2) is 6.29 Å². The van der Waals surface area contributed by atoms with E-state index in [1.54, 1.807) is 0 Å². The van der Waals surface area contributed by atoms with Crippen molar-refractivity contribution in [3.8, 4) is 0 Å². The van der Waals surface area contributed by atoms with E-state index in [9.17, 15) is 5.11 Å². The van der Waals surface area contributed by atoms with E-state index in [4.69, 9.17) is 4.74 Å². The van der Waals surface area contributed by atoms with Gasteiger partial charge in [-0.25, -0.2) is 0 Å². The van der Waals surface area contributed by atoms with E-state index in [0.29, 0.717) is 5.92 Å². The highest BCUT2D eigenvalue weighted by atomic mass is 16.6. The molecule has 4 atom stereocenters. The first-order valence-electron chi connectivity index (χ1n) is 10.0. The summed E-state index contributed by atoms with van der Waals surface area (Å²) in [6.45, 7) is 9.15. The minimum atomic E-state index is -0.615. The Hall–Kier alpha value is -0.340. The molecule has 23 heavy (non-hydrogen) atoms. The van der Waals surface area contributed by atoms with E-state index in [-0.39, 0.29) is 11.5 Å². The Morgan fingerprint density at radius 3 is 2.17 bits per heavy atom. The predicted molar refractivity (Wildman–Crippen MR) is 97.2 cm³/mol. The zero-order valence-corrected chi connectivity index (χ0v) is 15.8. The van der Waals surface area contributed by atoms with E-state index in [1.807, 2.05) is 0 Å². The highest BCUT2D eigenvalue weighted by Crippen LogP contribution is 2.39. The van der Waals surface area contributed by atoms with Gasteiger partial charge in [-0.15, -0.1) is 0 Å². The molecule has 1 saturated carbocycles. The van der Waals surface area contributed by atoms with Crippen LogP contribution >= 0.6 is 0 Å². The van der Waals surface area contributed by atoms with Gasteiger partial charge in [-0.2, -0.15) is 0 Å². The maximum atomic E-state index is 10.6. The summed E-state index contributed by atoms with van der Waals surface area (Å²) >= 11 is 0. The van der Waals surface area contributed by atoms with Crippen LogP contribution in [0.2, 0.25) is 0 Å². The lowest BCUT2D eigenvalue weighted by atomic mass is 9.76. The second-order valence-corrected chi connectivity index (χ2v) is 8.34. The topological polar surface area (TPSA) is 29.5 Å². The maximum absolute atomic E-state index is 10.6. The van der Waals surface area contributed by atoms with Crippen LogP contribution in [-0.2, 0) is 4.74 Å². The van der Waals surface area contributed by atoms with Crippen LogP contribution in [0.3, 0.4) is 0 Å². The standard InChI is InChI=1S/C21H38O2/c1-5-17(15-16(3)4)18-9-11-19(12-10-18)20(22)23-21(6-2)13-7-8-14-21/h9,11,16-20,22H,5-8,10,12-15H2,1-4H3. The smallest absolute Gasteiger partial charge is 0.161 e. The van der Waals surface area contributed by atoms with Crippen molar-refractivity contribution in [1.82, 2.24) is 0 Å². The summed E-state index contributed by atoms with van der Waals surface area (Å²) < 4.78 is 6.18. The van der Waals surface area contributed by atoms with Crippen molar-refractivity contribution in [2.45, 2.75) is 97.4 Å². The Morgan fingerprint density at radius 1 is 1.09 bits per heavy atom. The summed E-state index contributed by atoms with van der Waals surface area (Å²) in [5.74, 6) is 2.44. The van der Waals surface area contributed by atoms with Gasteiger partial charge >= 0.3 is 0 Å². The number of rotatable bonds is 8. The zero-order chi connectivity index (χ0) is 16.9. The fourth-order valence-electron chi connectivity index (χ4n) is 4.66. The fourth-order valence-corrected chi connectivity index (χ4v) is 4.66. The van der Waals surface area contributed by atoms with E-state index in [1.165, 1.54) is 32.1 Å². The van der Waals surface area contributed by atoms with Crippen molar-refractivity contribution in [1.29, 1.82) is 0 Å². The third-order valence-electron chi connectivity index (χ3n) is 6.24. The van der Waals surface area contributed by atoms with Crippen molar-refractivity contribution in [2.75, 3.05) is 0 Å². The molecular weight excluding hydrogens is 284 g/mol. The molecule has 0 saturated heterocycles. The van der Waals surface area contributed by atoms with Crippen molar-refractivity contribution in [2.24, 2.45) is 23.7 Å². The highest BCUT2D eigenvalue weighted by molar-refractivity contribution is 5.01. The summed E-state index contributed by atoms with van der Waals surface area (Å²) in [5.41, 5.74) is -0.0479. The van der Waals surface area contributed by atoms with Crippen molar-refractivity contribution >= 4 is 0 Å². The largest absolute Gasteiger partial charge is 0.367 e. The van der Waals surface area contributed by atoms with Gasteiger partial charge in [0, 0.05) is 5.92 Å². The normalized spacial score (nSPS) is 29.8. The minimum absolute atomic E-state index is 0.0479. The lowest BCUT2D eigenvalue weighted by molar-refractivity contribution is -0.203. The molecule has 1 fully saturated rings. The summed E-state index contributed by atoms with van der Waals surface area (Å²) in [6.07, 6.45) is 14.6. The van der Waals surface area contributed by atoms with Gasteiger partial charge in [-0.1, -0.05) is 59.1 Å². The molecule has 0 aromatic carbocycles. The molecule has 2 nitrogen and oxygen atoms in total. The summed E-state index contributed by atoms with van der Waals surface area (Å²) in [7, 11) is 0. The van der Waals surface area contributed by atoms with Crippen LogP contribution < -0.4 is 0 Å². The van der Waals surface area contributed by atoms with Gasteiger partial charge in [0.25, 0.3) is 0 Å². The number of allylic oxidation sites excluding steroid dienone is 1. The molecule has 0 amide bonds. The van der Waals surface area contributed by atoms with Gasteiger partial charge in [-0.05, 0) is 56.3 Å². The first kappa shape index (κ1) is 19.0. The summed E-state index contributed by atoms with van der Waals surface area (Å²) in [6, 6.07) is 0. The number of hydrogen-bond acceptors (Lipinski definition) is 2. The van der Waals surface area contributed by atoms with Crippen LogP contribution in [0.25, 0.3) is 0 Å². The van der Waals surface area contributed by atoms with Crippen LogP contribution in [-0.4, -0.2) is 17.0 Å². The average Bonchev–Trinajstić information content (AvgIpc) is 3.01. The Labute approximate surface area is 143 Å². The van der Waals surface area contributed by atoms with E-state index in [0.717, 1.165) is 37.5 Å². The van der Waals surface area contributed by atoms with Crippen LogP contribution in [0.4, 0.5) is 0 Å². The highest BCUT2D eigenvalue weighted by Gasteiger charge is 2.37. The first-order valence-corrected chi connectivity index (χ1v) is 10.0. The SMILES string of the molecule is CCC(CC(C)C)C1C=CC(C(O)OC2(CC)CCCC2)CC1. The van der Waals surface area contributed by atoms with Crippen molar-refractivity contribution in [3.63, 3.8) is 0 Å². The van der Waals surface area contributed by atoms with Crippen LogP contribution in [0.1, 0.15) is 85.5 Å². The molecule has 2 aliphatic rings. The lowest BCUT2D eigenvalue weighted by Gasteiger charge is -2.36. The molecule has 2 heteroatoms. The van der Waals surface area contributed by atoms with Gasteiger partial charge < -0.3 is 9.84 Å². The molecule has 0 spiro atoms.